The van der Waals surface area contributed by atoms with E-state index in [2.05, 4.69) is 15.5 Å². The first-order valence-electron chi connectivity index (χ1n) is 8.43. The highest BCUT2D eigenvalue weighted by atomic mass is 32.2. The van der Waals surface area contributed by atoms with Gasteiger partial charge in [-0.05, 0) is 66.9 Å². The van der Waals surface area contributed by atoms with Crippen LogP contribution in [0.5, 0.6) is 5.75 Å². The second kappa shape index (κ2) is 7.75. The summed E-state index contributed by atoms with van der Waals surface area (Å²) in [6, 6.07) is 15.8. The summed E-state index contributed by atoms with van der Waals surface area (Å²) in [5.74, 6) is 1.30. The average Bonchev–Trinajstić information content (AvgIpc) is 2.69. The fourth-order valence-corrected chi connectivity index (χ4v) is 3.71. The Kier molecular flexibility index (Phi) is 5.41. The molecule has 0 radical (unpaired) electrons. The van der Waals surface area contributed by atoms with Gasteiger partial charge in [-0.2, -0.15) is 0 Å². The van der Waals surface area contributed by atoms with Crippen molar-refractivity contribution in [2.45, 2.75) is 30.3 Å². The number of aromatic nitrogens is 2. The van der Waals surface area contributed by atoms with Gasteiger partial charge in [-0.15, -0.1) is 10.2 Å². The number of anilines is 1. The van der Waals surface area contributed by atoms with Gasteiger partial charge in [0, 0.05) is 6.54 Å². The number of aryl methyl sites for hydroxylation is 2. The summed E-state index contributed by atoms with van der Waals surface area (Å²) < 4.78 is 30.6. The van der Waals surface area contributed by atoms with E-state index < -0.39 is 9.84 Å². The number of hydrogen-bond donors (Lipinski definition) is 1. The van der Waals surface area contributed by atoms with Crippen molar-refractivity contribution in [3.63, 3.8) is 0 Å². The zero-order valence-corrected chi connectivity index (χ0v) is 16.2. The van der Waals surface area contributed by atoms with E-state index in [0.29, 0.717) is 12.4 Å². The maximum absolute atomic E-state index is 12.7. The van der Waals surface area contributed by atoms with Crippen LogP contribution in [0.15, 0.2) is 64.5 Å². The molecule has 0 aliphatic heterocycles. The van der Waals surface area contributed by atoms with Gasteiger partial charge < -0.3 is 10.1 Å². The maximum atomic E-state index is 12.7. The summed E-state index contributed by atoms with van der Waals surface area (Å²) in [6.07, 6.45) is 0. The van der Waals surface area contributed by atoms with Crippen molar-refractivity contribution in [1.82, 2.24) is 10.2 Å². The van der Waals surface area contributed by atoms with E-state index in [9.17, 15) is 8.42 Å². The third-order valence-corrected chi connectivity index (χ3v) is 5.98. The van der Waals surface area contributed by atoms with Crippen molar-refractivity contribution in [2.75, 3.05) is 12.4 Å². The fourth-order valence-electron chi connectivity index (χ4n) is 2.50. The van der Waals surface area contributed by atoms with Gasteiger partial charge in [-0.1, -0.05) is 18.2 Å². The molecule has 0 saturated heterocycles. The molecule has 0 amide bonds. The molecule has 27 heavy (non-hydrogen) atoms. The molecule has 6 nitrogen and oxygen atoms in total. The normalized spacial score (nSPS) is 11.2. The average molecular weight is 383 g/mol. The highest BCUT2D eigenvalue weighted by Gasteiger charge is 2.20. The first-order chi connectivity index (χ1) is 12.9. The molecule has 0 saturated carbocycles. The zero-order valence-electron chi connectivity index (χ0n) is 15.4. The zero-order chi connectivity index (χ0) is 19.4. The van der Waals surface area contributed by atoms with Crippen LogP contribution in [-0.4, -0.2) is 25.7 Å². The van der Waals surface area contributed by atoms with Crippen molar-refractivity contribution < 1.29 is 13.2 Å². The molecule has 0 unspecified atom stereocenters. The lowest BCUT2D eigenvalue weighted by atomic mass is 10.1. The van der Waals surface area contributed by atoms with Crippen LogP contribution in [0.25, 0.3) is 0 Å². The van der Waals surface area contributed by atoms with Crippen LogP contribution in [0.3, 0.4) is 0 Å². The van der Waals surface area contributed by atoms with Crippen LogP contribution in [0.2, 0.25) is 0 Å². The molecule has 7 heteroatoms. The van der Waals surface area contributed by atoms with E-state index in [0.717, 1.165) is 22.4 Å². The Morgan fingerprint density at radius 3 is 2.26 bits per heavy atom. The monoisotopic (exact) mass is 383 g/mol. The van der Waals surface area contributed by atoms with E-state index in [4.69, 9.17) is 4.74 Å². The van der Waals surface area contributed by atoms with Crippen LogP contribution in [0.1, 0.15) is 16.7 Å². The van der Waals surface area contributed by atoms with Crippen LogP contribution in [-0.2, 0) is 16.4 Å². The van der Waals surface area contributed by atoms with Gasteiger partial charge in [0.2, 0.25) is 9.84 Å². The van der Waals surface area contributed by atoms with Gasteiger partial charge in [0.1, 0.15) is 11.6 Å². The summed E-state index contributed by atoms with van der Waals surface area (Å²) >= 11 is 0. The van der Waals surface area contributed by atoms with Crippen LogP contribution >= 0.6 is 0 Å². The molecule has 0 aliphatic carbocycles. The Labute approximate surface area is 159 Å². The van der Waals surface area contributed by atoms with Crippen molar-refractivity contribution >= 4 is 15.7 Å². The Morgan fingerprint density at radius 2 is 1.67 bits per heavy atom. The predicted molar refractivity (Wildman–Crippen MR) is 104 cm³/mol. The van der Waals surface area contributed by atoms with Crippen LogP contribution in [0, 0.1) is 13.8 Å². The molecule has 1 N–H and O–H groups in total. The maximum Gasteiger partial charge on any atom is 0.225 e. The predicted octanol–water partition coefficient (Wildman–Crippen LogP) is 3.55. The molecule has 0 atom stereocenters. The minimum Gasteiger partial charge on any atom is -0.497 e. The molecule has 0 bridgehead atoms. The number of ether oxygens (including phenoxy) is 1. The number of rotatable bonds is 6. The number of hydrogen-bond acceptors (Lipinski definition) is 6. The van der Waals surface area contributed by atoms with Gasteiger partial charge in [0.15, 0.2) is 5.03 Å². The van der Waals surface area contributed by atoms with E-state index in [1.807, 2.05) is 38.1 Å². The second-order valence-electron chi connectivity index (χ2n) is 6.21. The quantitative estimate of drug-likeness (QED) is 0.701. The van der Waals surface area contributed by atoms with E-state index in [1.165, 1.54) is 6.07 Å². The Bertz CT molecular complexity index is 1030. The molecule has 3 aromatic rings. The Balaban J connectivity index is 1.72. The Morgan fingerprint density at radius 1 is 0.926 bits per heavy atom. The van der Waals surface area contributed by atoms with Gasteiger partial charge in [0.05, 0.1) is 12.0 Å². The smallest absolute Gasteiger partial charge is 0.225 e. The number of nitrogens with one attached hydrogen (secondary N) is 1. The second-order valence-corrected chi connectivity index (χ2v) is 8.10. The van der Waals surface area contributed by atoms with E-state index in [1.54, 1.807) is 31.4 Å². The highest BCUT2D eigenvalue weighted by molar-refractivity contribution is 7.91. The van der Waals surface area contributed by atoms with E-state index in [-0.39, 0.29) is 9.92 Å². The number of benzene rings is 2. The lowest BCUT2D eigenvalue weighted by Gasteiger charge is -2.08. The Hall–Kier alpha value is -2.93. The fraction of sp³-hybridized carbons (Fsp3) is 0.200. The summed E-state index contributed by atoms with van der Waals surface area (Å²) in [6.45, 7) is 4.36. The lowest BCUT2D eigenvalue weighted by molar-refractivity contribution is 0.414. The summed E-state index contributed by atoms with van der Waals surface area (Å²) in [5, 5.41) is 10.9. The van der Waals surface area contributed by atoms with Crippen molar-refractivity contribution in [1.29, 1.82) is 0 Å². The molecule has 140 valence electrons. The van der Waals surface area contributed by atoms with Crippen molar-refractivity contribution in [3.8, 4) is 5.75 Å². The number of methoxy groups -OCH3 is 1. The SMILES string of the molecule is COc1ccc(CNc2ccc(S(=O)(=O)c3ccc(C)c(C)c3)nn2)cc1. The van der Waals surface area contributed by atoms with Crippen LogP contribution < -0.4 is 10.1 Å². The molecule has 2 aromatic carbocycles. The van der Waals surface area contributed by atoms with Gasteiger partial charge >= 0.3 is 0 Å². The van der Waals surface area contributed by atoms with Gasteiger partial charge in [-0.3, -0.25) is 0 Å². The van der Waals surface area contributed by atoms with Gasteiger partial charge in [-0.25, -0.2) is 8.42 Å². The number of nitrogens with zero attached hydrogens (tertiary/aromatic N) is 2. The molecule has 1 heterocycles. The third kappa shape index (κ3) is 4.25. The summed E-state index contributed by atoms with van der Waals surface area (Å²) in [5.41, 5.74) is 3.00. The molecule has 1 aromatic heterocycles. The highest BCUT2D eigenvalue weighted by Crippen LogP contribution is 2.22. The summed E-state index contributed by atoms with van der Waals surface area (Å²) in [4.78, 5) is 0.221. The number of sulfone groups is 1. The topological polar surface area (TPSA) is 81.2 Å². The van der Waals surface area contributed by atoms with E-state index >= 15 is 0 Å². The molecule has 0 spiro atoms. The standard InChI is InChI=1S/C20H21N3O3S/c1-14-4-9-18(12-15(14)2)27(24,25)20-11-10-19(22-23-20)21-13-16-5-7-17(26-3)8-6-16/h4-12H,13H2,1-3H3,(H,21,22). The first-order valence-corrected chi connectivity index (χ1v) is 9.91. The summed E-state index contributed by atoms with van der Waals surface area (Å²) in [7, 11) is -2.06. The molecule has 0 aliphatic rings. The molecular weight excluding hydrogens is 362 g/mol. The molecular formula is C20H21N3O3S. The molecule has 0 fully saturated rings. The largest absolute Gasteiger partial charge is 0.497 e. The third-order valence-electron chi connectivity index (χ3n) is 4.34. The van der Waals surface area contributed by atoms with Crippen molar-refractivity contribution in [3.05, 3.63) is 71.3 Å². The van der Waals surface area contributed by atoms with Crippen LogP contribution in [0.4, 0.5) is 5.82 Å². The van der Waals surface area contributed by atoms with Crippen molar-refractivity contribution in [2.24, 2.45) is 0 Å². The molecule has 3 rings (SSSR count). The minimum atomic E-state index is -3.69. The van der Waals surface area contributed by atoms with Gasteiger partial charge in [0.25, 0.3) is 0 Å². The lowest BCUT2D eigenvalue weighted by Crippen LogP contribution is -2.08. The minimum absolute atomic E-state index is 0.0687. The first kappa shape index (κ1) is 18.8.